The third-order valence-corrected chi connectivity index (χ3v) is 2.93. The smallest absolute Gasteiger partial charge is 0.197 e. The van der Waals surface area contributed by atoms with E-state index in [9.17, 15) is 0 Å². The number of oxazole rings is 1. The first-order valence-electron chi connectivity index (χ1n) is 5.48. The molecule has 1 fully saturated rings. The highest BCUT2D eigenvalue weighted by Crippen LogP contribution is 2.26. The van der Waals surface area contributed by atoms with Gasteiger partial charge in [-0.3, -0.25) is 0 Å². The third-order valence-electron chi connectivity index (χ3n) is 2.93. The highest BCUT2D eigenvalue weighted by molar-refractivity contribution is 5.10. The lowest BCUT2D eigenvalue weighted by atomic mass is 9.98. The van der Waals surface area contributed by atoms with Crippen LogP contribution in [0.4, 0.5) is 0 Å². The number of rotatable bonds is 2. The summed E-state index contributed by atoms with van der Waals surface area (Å²) in [6.45, 7) is 6.31. The van der Waals surface area contributed by atoms with Gasteiger partial charge in [-0.05, 0) is 39.3 Å². The van der Waals surface area contributed by atoms with E-state index in [1.807, 2.05) is 6.92 Å². The maximum absolute atomic E-state index is 5.71. The lowest BCUT2D eigenvalue weighted by Crippen LogP contribution is -2.26. The van der Waals surface area contributed by atoms with Crippen molar-refractivity contribution in [2.24, 2.45) is 0 Å². The summed E-state index contributed by atoms with van der Waals surface area (Å²) in [6.07, 6.45) is 3.28. The van der Waals surface area contributed by atoms with Gasteiger partial charge < -0.3 is 9.73 Å². The van der Waals surface area contributed by atoms with Crippen molar-refractivity contribution in [3.63, 3.8) is 0 Å². The molecular formula is C11H18N2O. The van der Waals surface area contributed by atoms with Gasteiger partial charge in [-0.25, -0.2) is 4.98 Å². The summed E-state index contributed by atoms with van der Waals surface area (Å²) in [7, 11) is 0. The van der Waals surface area contributed by atoms with Crippen LogP contribution in [0.3, 0.4) is 0 Å². The molecule has 0 amide bonds. The molecule has 0 radical (unpaired) electrons. The van der Waals surface area contributed by atoms with Gasteiger partial charge in [0.25, 0.3) is 0 Å². The highest BCUT2D eigenvalue weighted by atomic mass is 16.4. The van der Waals surface area contributed by atoms with Crippen molar-refractivity contribution in [3.05, 3.63) is 17.3 Å². The fourth-order valence-electron chi connectivity index (χ4n) is 2.02. The van der Waals surface area contributed by atoms with E-state index in [0.29, 0.717) is 5.92 Å². The molecule has 0 unspecified atom stereocenters. The topological polar surface area (TPSA) is 38.1 Å². The van der Waals surface area contributed by atoms with Crippen LogP contribution in [-0.4, -0.2) is 18.1 Å². The van der Waals surface area contributed by atoms with Crippen molar-refractivity contribution in [3.8, 4) is 0 Å². The molecule has 2 heterocycles. The van der Waals surface area contributed by atoms with Gasteiger partial charge in [0, 0.05) is 5.92 Å². The van der Waals surface area contributed by atoms with Crippen molar-refractivity contribution in [2.75, 3.05) is 13.1 Å². The van der Waals surface area contributed by atoms with Crippen LogP contribution in [0, 0.1) is 6.92 Å². The highest BCUT2D eigenvalue weighted by Gasteiger charge is 2.21. The lowest BCUT2D eigenvalue weighted by molar-refractivity contribution is 0.366. The molecule has 78 valence electrons. The number of aryl methyl sites for hydroxylation is 2. The minimum atomic E-state index is 0.537. The average Bonchev–Trinajstić information content (AvgIpc) is 2.61. The van der Waals surface area contributed by atoms with Gasteiger partial charge in [0.2, 0.25) is 0 Å². The van der Waals surface area contributed by atoms with E-state index in [1.54, 1.807) is 0 Å². The molecule has 1 aliphatic heterocycles. The molecule has 1 saturated heterocycles. The van der Waals surface area contributed by atoms with Crippen molar-refractivity contribution >= 4 is 0 Å². The first-order chi connectivity index (χ1) is 6.81. The van der Waals surface area contributed by atoms with Gasteiger partial charge in [-0.1, -0.05) is 6.92 Å². The number of aromatic nitrogens is 1. The molecule has 1 aliphatic rings. The Labute approximate surface area is 84.9 Å². The molecule has 0 spiro atoms. The molecule has 3 heteroatoms. The Balaban J connectivity index is 2.14. The van der Waals surface area contributed by atoms with E-state index >= 15 is 0 Å². The zero-order valence-corrected chi connectivity index (χ0v) is 8.97. The molecule has 1 aromatic rings. The zero-order valence-electron chi connectivity index (χ0n) is 8.97. The third kappa shape index (κ3) is 1.82. The monoisotopic (exact) mass is 194 g/mol. The van der Waals surface area contributed by atoms with Gasteiger partial charge in [0.05, 0.1) is 5.69 Å². The van der Waals surface area contributed by atoms with Crippen molar-refractivity contribution < 1.29 is 4.42 Å². The van der Waals surface area contributed by atoms with E-state index in [-0.39, 0.29) is 0 Å². The fourth-order valence-corrected chi connectivity index (χ4v) is 2.02. The summed E-state index contributed by atoms with van der Waals surface area (Å²) in [5, 5.41) is 3.35. The second kappa shape index (κ2) is 4.13. The molecule has 0 bridgehead atoms. The molecule has 0 aromatic carbocycles. The molecule has 1 aromatic heterocycles. The van der Waals surface area contributed by atoms with Crippen LogP contribution in [-0.2, 0) is 6.42 Å². The molecule has 1 N–H and O–H groups in total. The van der Waals surface area contributed by atoms with Crippen LogP contribution >= 0.6 is 0 Å². The minimum absolute atomic E-state index is 0.537. The van der Waals surface area contributed by atoms with Crippen LogP contribution in [0.15, 0.2) is 4.42 Å². The SMILES string of the molecule is CCc1nc(C2CCNCC2)oc1C. The maximum atomic E-state index is 5.71. The number of hydrogen-bond acceptors (Lipinski definition) is 3. The molecule has 0 atom stereocenters. The lowest BCUT2D eigenvalue weighted by Gasteiger charge is -2.19. The van der Waals surface area contributed by atoms with E-state index < -0.39 is 0 Å². The summed E-state index contributed by atoms with van der Waals surface area (Å²) in [5.41, 5.74) is 1.12. The second-order valence-electron chi connectivity index (χ2n) is 3.93. The van der Waals surface area contributed by atoms with Gasteiger partial charge in [-0.15, -0.1) is 0 Å². The van der Waals surface area contributed by atoms with Gasteiger partial charge >= 0.3 is 0 Å². The first kappa shape index (κ1) is 9.71. The summed E-state index contributed by atoms with van der Waals surface area (Å²) < 4.78 is 5.71. The predicted molar refractivity (Wildman–Crippen MR) is 55.5 cm³/mol. The van der Waals surface area contributed by atoms with E-state index in [1.165, 1.54) is 0 Å². The minimum Gasteiger partial charge on any atom is -0.445 e. The number of nitrogens with one attached hydrogen (secondary N) is 1. The quantitative estimate of drug-likeness (QED) is 0.782. The van der Waals surface area contributed by atoms with Gasteiger partial charge in [-0.2, -0.15) is 0 Å². The largest absolute Gasteiger partial charge is 0.445 e. The molecule has 2 rings (SSSR count). The molecule has 3 nitrogen and oxygen atoms in total. The summed E-state index contributed by atoms with van der Waals surface area (Å²) in [6, 6.07) is 0. The maximum Gasteiger partial charge on any atom is 0.197 e. The Hall–Kier alpha value is -0.830. The second-order valence-corrected chi connectivity index (χ2v) is 3.93. The van der Waals surface area contributed by atoms with Crippen LogP contribution in [0.1, 0.15) is 43.0 Å². The van der Waals surface area contributed by atoms with Gasteiger partial charge in [0.15, 0.2) is 5.89 Å². The van der Waals surface area contributed by atoms with Crippen molar-refractivity contribution in [1.82, 2.24) is 10.3 Å². The van der Waals surface area contributed by atoms with E-state index in [4.69, 9.17) is 4.42 Å². The van der Waals surface area contributed by atoms with E-state index in [2.05, 4.69) is 17.2 Å². The van der Waals surface area contributed by atoms with Gasteiger partial charge in [0.1, 0.15) is 5.76 Å². The normalized spacial score (nSPS) is 18.7. The number of nitrogens with zero attached hydrogens (tertiary/aromatic N) is 1. The van der Waals surface area contributed by atoms with Crippen molar-refractivity contribution in [1.29, 1.82) is 0 Å². The molecule has 0 aliphatic carbocycles. The molecular weight excluding hydrogens is 176 g/mol. The zero-order chi connectivity index (χ0) is 9.97. The summed E-state index contributed by atoms with van der Waals surface area (Å²) in [5.74, 6) is 2.50. The van der Waals surface area contributed by atoms with Crippen molar-refractivity contribution in [2.45, 2.75) is 39.0 Å². The van der Waals surface area contributed by atoms with Crippen LogP contribution in [0.5, 0.6) is 0 Å². The Morgan fingerprint density at radius 1 is 1.43 bits per heavy atom. The van der Waals surface area contributed by atoms with Crippen LogP contribution in [0.2, 0.25) is 0 Å². The first-order valence-corrected chi connectivity index (χ1v) is 5.48. The summed E-state index contributed by atoms with van der Waals surface area (Å²) >= 11 is 0. The average molecular weight is 194 g/mol. The molecule has 0 saturated carbocycles. The predicted octanol–water partition coefficient (Wildman–Crippen LogP) is 2.01. The Kier molecular flexibility index (Phi) is 2.87. The van der Waals surface area contributed by atoms with E-state index in [0.717, 1.165) is 49.7 Å². The van der Waals surface area contributed by atoms with Crippen LogP contribution < -0.4 is 5.32 Å². The molecule has 14 heavy (non-hydrogen) atoms. The van der Waals surface area contributed by atoms with Crippen LogP contribution in [0.25, 0.3) is 0 Å². The number of hydrogen-bond donors (Lipinski definition) is 1. The Bertz CT molecular complexity index is 300. The summed E-state index contributed by atoms with van der Waals surface area (Å²) in [4.78, 5) is 4.56. The fraction of sp³-hybridized carbons (Fsp3) is 0.727. The standard InChI is InChI=1S/C11H18N2O/c1-3-10-8(2)14-11(13-10)9-4-6-12-7-5-9/h9,12H,3-7H2,1-2H3. The number of piperidine rings is 1. The Morgan fingerprint density at radius 3 is 2.71 bits per heavy atom. The Morgan fingerprint density at radius 2 is 2.14 bits per heavy atom.